The van der Waals surface area contributed by atoms with E-state index in [1.165, 1.54) is 10.9 Å². The van der Waals surface area contributed by atoms with Crippen LogP contribution in [0.5, 0.6) is 0 Å². The van der Waals surface area contributed by atoms with Crippen molar-refractivity contribution in [1.29, 1.82) is 0 Å². The highest BCUT2D eigenvalue weighted by Gasteiger charge is 2.23. The molecule has 0 aliphatic heterocycles. The molecule has 0 radical (unpaired) electrons. The number of hydrogen-bond donors (Lipinski definition) is 1. The fourth-order valence-corrected chi connectivity index (χ4v) is 3.05. The zero-order chi connectivity index (χ0) is 20.3. The van der Waals surface area contributed by atoms with Crippen LogP contribution in [0.4, 0.5) is 11.5 Å². The van der Waals surface area contributed by atoms with Crippen LogP contribution in [0.2, 0.25) is 5.02 Å². The number of nitrogens with one attached hydrogen (secondary N) is 1. The van der Waals surface area contributed by atoms with Crippen LogP contribution in [0.25, 0.3) is 0 Å². The van der Waals surface area contributed by atoms with Gasteiger partial charge < -0.3 is 5.32 Å². The van der Waals surface area contributed by atoms with E-state index < -0.39 is 11.0 Å². The summed E-state index contributed by atoms with van der Waals surface area (Å²) in [5.74, 6) is 0.0672. The maximum atomic E-state index is 12.6. The number of amides is 1. The number of aromatic nitrogens is 4. The maximum Gasteiger partial charge on any atom is 0.307 e. The number of nitro groups is 1. The summed E-state index contributed by atoms with van der Waals surface area (Å²) in [6.07, 6.45) is 2.80. The smallest absolute Gasteiger partial charge is 0.307 e. The van der Waals surface area contributed by atoms with Gasteiger partial charge in [0.1, 0.15) is 18.4 Å². The van der Waals surface area contributed by atoms with Crippen LogP contribution in [-0.4, -0.2) is 30.4 Å². The van der Waals surface area contributed by atoms with Crippen molar-refractivity contribution in [2.75, 3.05) is 5.32 Å². The largest absolute Gasteiger partial charge is 0.307 e. The molecule has 3 aromatic rings. The van der Waals surface area contributed by atoms with Gasteiger partial charge in [0.05, 0.1) is 11.5 Å². The van der Waals surface area contributed by atoms with Crippen LogP contribution >= 0.6 is 11.6 Å². The second kappa shape index (κ2) is 8.22. The van der Waals surface area contributed by atoms with Gasteiger partial charge in [-0.1, -0.05) is 30.7 Å². The molecule has 1 unspecified atom stereocenters. The first-order valence-electron chi connectivity index (χ1n) is 8.65. The van der Waals surface area contributed by atoms with Gasteiger partial charge in [-0.2, -0.15) is 10.2 Å². The summed E-state index contributed by atoms with van der Waals surface area (Å²) in [5, 5.41) is 22.6. The van der Waals surface area contributed by atoms with Gasteiger partial charge in [-0.25, -0.2) is 0 Å². The van der Waals surface area contributed by atoms with Gasteiger partial charge >= 0.3 is 5.69 Å². The molecule has 0 fully saturated rings. The van der Waals surface area contributed by atoms with Crippen molar-refractivity contribution in [2.24, 2.45) is 0 Å². The Morgan fingerprint density at radius 2 is 2.18 bits per heavy atom. The topological polar surface area (TPSA) is 108 Å². The van der Waals surface area contributed by atoms with Gasteiger partial charge in [0.25, 0.3) is 0 Å². The minimum absolute atomic E-state index is 0.159. The molecule has 0 bridgehead atoms. The van der Waals surface area contributed by atoms with Crippen LogP contribution < -0.4 is 5.32 Å². The molecule has 0 saturated heterocycles. The highest BCUT2D eigenvalue weighted by atomic mass is 35.5. The minimum Gasteiger partial charge on any atom is -0.307 e. The van der Waals surface area contributed by atoms with E-state index in [1.807, 2.05) is 25.1 Å². The van der Waals surface area contributed by atoms with E-state index in [4.69, 9.17) is 11.6 Å². The predicted octanol–water partition coefficient (Wildman–Crippen LogP) is 3.59. The van der Waals surface area contributed by atoms with E-state index in [9.17, 15) is 14.9 Å². The number of rotatable bonds is 7. The number of benzene rings is 1. The van der Waals surface area contributed by atoms with E-state index in [2.05, 4.69) is 15.5 Å². The average Bonchev–Trinajstić information content (AvgIpc) is 3.23. The number of halogens is 1. The molecule has 3 rings (SSSR count). The number of anilines is 1. The van der Waals surface area contributed by atoms with Crippen molar-refractivity contribution in [2.45, 2.75) is 32.9 Å². The molecule has 146 valence electrons. The van der Waals surface area contributed by atoms with Crippen molar-refractivity contribution in [3.05, 3.63) is 69.1 Å². The molecule has 10 heteroatoms. The molecule has 1 atom stereocenters. The van der Waals surface area contributed by atoms with E-state index in [0.29, 0.717) is 23.8 Å². The normalized spacial score (nSPS) is 12.0. The Morgan fingerprint density at radius 1 is 1.39 bits per heavy atom. The van der Waals surface area contributed by atoms with Crippen molar-refractivity contribution in [1.82, 2.24) is 19.6 Å². The summed E-state index contributed by atoms with van der Waals surface area (Å²) in [7, 11) is 0. The molecule has 0 saturated carbocycles. The zero-order valence-corrected chi connectivity index (χ0v) is 16.1. The molecule has 2 aromatic heterocycles. The van der Waals surface area contributed by atoms with Gasteiger partial charge in [-0.05, 0) is 31.0 Å². The van der Waals surface area contributed by atoms with Gasteiger partial charge in [0.15, 0.2) is 5.82 Å². The van der Waals surface area contributed by atoms with Crippen LogP contribution in [0.1, 0.15) is 30.6 Å². The average molecular weight is 403 g/mol. The Labute approximate surface area is 166 Å². The summed E-state index contributed by atoms with van der Waals surface area (Å²) in [6.45, 7) is 4.22. The van der Waals surface area contributed by atoms with Crippen molar-refractivity contribution >= 4 is 29.0 Å². The summed E-state index contributed by atoms with van der Waals surface area (Å²) in [6, 6.07) is 8.57. The van der Waals surface area contributed by atoms with E-state index in [1.54, 1.807) is 23.7 Å². The summed E-state index contributed by atoms with van der Waals surface area (Å²) < 4.78 is 3.06. The SMILES string of the molecule is CCC(C(=O)Nc1cc(C)n(Cc2cccc(Cl)c2)n1)n1cc([N+](=O)[O-])cn1. The molecule has 1 aromatic carbocycles. The lowest BCUT2D eigenvalue weighted by atomic mass is 10.2. The van der Waals surface area contributed by atoms with E-state index >= 15 is 0 Å². The predicted molar refractivity (Wildman–Crippen MR) is 104 cm³/mol. The highest BCUT2D eigenvalue weighted by Crippen LogP contribution is 2.19. The third kappa shape index (κ3) is 4.37. The van der Waals surface area contributed by atoms with E-state index in [0.717, 1.165) is 17.5 Å². The van der Waals surface area contributed by atoms with E-state index in [-0.39, 0.29) is 11.6 Å². The van der Waals surface area contributed by atoms with Gasteiger partial charge in [-0.15, -0.1) is 0 Å². The van der Waals surface area contributed by atoms with Crippen LogP contribution in [0, 0.1) is 17.0 Å². The quantitative estimate of drug-likeness (QED) is 0.480. The Morgan fingerprint density at radius 3 is 2.82 bits per heavy atom. The van der Waals surface area contributed by atoms with Gasteiger partial charge in [-0.3, -0.25) is 24.3 Å². The maximum absolute atomic E-state index is 12.6. The van der Waals surface area contributed by atoms with Gasteiger partial charge in [0, 0.05) is 16.8 Å². The number of aryl methyl sites for hydroxylation is 1. The molecule has 9 nitrogen and oxygen atoms in total. The number of hydrogen-bond acceptors (Lipinski definition) is 5. The Bertz CT molecular complexity index is 1010. The monoisotopic (exact) mass is 402 g/mol. The fourth-order valence-electron chi connectivity index (χ4n) is 2.83. The lowest BCUT2D eigenvalue weighted by Crippen LogP contribution is -2.26. The molecular formula is C18H19ClN6O3. The second-order valence-corrected chi connectivity index (χ2v) is 6.74. The van der Waals surface area contributed by atoms with Crippen molar-refractivity contribution in [3.63, 3.8) is 0 Å². The molecule has 2 heterocycles. The summed E-state index contributed by atoms with van der Waals surface area (Å²) >= 11 is 6.02. The fraction of sp³-hybridized carbons (Fsp3) is 0.278. The van der Waals surface area contributed by atoms with Crippen LogP contribution in [0.15, 0.2) is 42.7 Å². The summed E-state index contributed by atoms with van der Waals surface area (Å²) in [4.78, 5) is 22.9. The third-order valence-electron chi connectivity index (χ3n) is 4.26. The first kappa shape index (κ1) is 19.6. The van der Waals surface area contributed by atoms with Gasteiger partial charge in [0.2, 0.25) is 5.91 Å². The number of carbonyl (C=O) groups is 1. The standard InChI is InChI=1S/C18H19ClN6O3/c1-3-16(24-11-15(9-20-24)25(27)28)18(26)21-17-7-12(2)23(22-17)10-13-5-4-6-14(19)8-13/h4-9,11,16H,3,10H2,1-2H3,(H,21,22,26). The Hall–Kier alpha value is -3.20. The second-order valence-electron chi connectivity index (χ2n) is 6.31. The van der Waals surface area contributed by atoms with Crippen molar-refractivity contribution < 1.29 is 9.72 Å². The molecule has 1 N–H and O–H groups in total. The zero-order valence-electron chi connectivity index (χ0n) is 15.4. The molecule has 0 aliphatic carbocycles. The highest BCUT2D eigenvalue weighted by molar-refractivity contribution is 6.30. The lowest BCUT2D eigenvalue weighted by Gasteiger charge is -2.13. The summed E-state index contributed by atoms with van der Waals surface area (Å²) in [5.41, 5.74) is 1.71. The molecule has 0 aliphatic rings. The lowest BCUT2D eigenvalue weighted by molar-refractivity contribution is -0.385. The third-order valence-corrected chi connectivity index (χ3v) is 4.50. The Balaban J connectivity index is 1.73. The number of nitrogens with zero attached hydrogens (tertiary/aromatic N) is 5. The Kier molecular flexibility index (Phi) is 5.74. The number of carbonyl (C=O) groups excluding carboxylic acids is 1. The molecule has 1 amide bonds. The molecular weight excluding hydrogens is 384 g/mol. The van der Waals surface area contributed by atoms with Crippen LogP contribution in [-0.2, 0) is 11.3 Å². The molecule has 0 spiro atoms. The van der Waals surface area contributed by atoms with Crippen LogP contribution in [0.3, 0.4) is 0 Å². The molecule has 28 heavy (non-hydrogen) atoms. The van der Waals surface area contributed by atoms with Crippen molar-refractivity contribution in [3.8, 4) is 0 Å². The first-order chi connectivity index (χ1) is 13.4. The first-order valence-corrected chi connectivity index (χ1v) is 9.03. The minimum atomic E-state index is -0.674.